The first kappa shape index (κ1) is 26.8. The van der Waals surface area contributed by atoms with Crippen molar-refractivity contribution in [1.82, 2.24) is 14.5 Å². The van der Waals surface area contributed by atoms with Gasteiger partial charge in [0.1, 0.15) is 10.9 Å². The lowest BCUT2D eigenvalue weighted by molar-refractivity contribution is -0.134. The molecule has 0 saturated carbocycles. The van der Waals surface area contributed by atoms with Gasteiger partial charge in [-0.25, -0.2) is 8.42 Å². The predicted octanol–water partition coefficient (Wildman–Crippen LogP) is 3.96. The maximum absolute atomic E-state index is 13.6. The fourth-order valence-electron chi connectivity index (χ4n) is 4.61. The van der Waals surface area contributed by atoms with Crippen molar-refractivity contribution in [3.63, 3.8) is 0 Å². The van der Waals surface area contributed by atoms with Crippen LogP contribution < -0.4 is 14.2 Å². The van der Waals surface area contributed by atoms with Crippen molar-refractivity contribution in [2.75, 3.05) is 33.0 Å². The molecule has 8 nitrogen and oxygen atoms in total. The highest BCUT2D eigenvalue weighted by atomic mass is 35.5. The first-order chi connectivity index (χ1) is 18.3. The number of sulfonamides is 1. The molecule has 1 fully saturated rings. The van der Waals surface area contributed by atoms with Crippen LogP contribution in [0.3, 0.4) is 0 Å². The SMILES string of the molecule is O=C([C@H](Cc1ccccc1)NS(=O)(=O)c1cc(Cl)ccc1Cl)N1CCN(Cc2ccc3c(c2)OCO3)CC1. The van der Waals surface area contributed by atoms with Crippen molar-refractivity contribution in [3.05, 3.63) is 87.9 Å². The Hall–Kier alpha value is -2.82. The number of hydrogen-bond acceptors (Lipinski definition) is 6. The summed E-state index contributed by atoms with van der Waals surface area (Å²) in [6.07, 6.45) is 0.203. The molecule has 200 valence electrons. The third-order valence-electron chi connectivity index (χ3n) is 6.59. The van der Waals surface area contributed by atoms with Crippen molar-refractivity contribution in [1.29, 1.82) is 0 Å². The van der Waals surface area contributed by atoms with E-state index in [0.29, 0.717) is 32.7 Å². The largest absolute Gasteiger partial charge is 0.454 e. The van der Waals surface area contributed by atoms with Gasteiger partial charge in [-0.2, -0.15) is 4.72 Å². The summed E-state index contributed by atoms with van der Waals surface area (Å²) in [5.74, 6) is 1.21. The normalized spacial score (nSPS) is 16.4. The van der Waals surface area contributed by atoms with Crippen molar-refractivity contribution >= 4 is 39.1 Å². The van der Waals surface area contributed by atoms with Crippen LogP contribution in [0.5, 0.6) is 11.5 Å². The van der Waals surface area contributed by atoms with Crippen LogP contribution in [0.4, 0.5) is 0 Å². The fraction of sp³-hybridized carbons (Fsp3) is 0.296. The zero-order chi connectivity index (χ0) is 26.7. The number of benzene rings is 3. The van der Waals surface area contributed by atoms with Gasteiger partial charge in [0.15, 0.2) is 11.5 Å². The molecule has 11 heteroatoms. The van der Waals surface area contributed by atoms with Crippen LogP contribution in [0.15, 0.2) is 71.6 Å². The third kappa shape index (κ3) is 6.24. The molecule has 1 N–H and O–H groups in total. The lowest BCUT2D eigenvalue weighted by Crippen LogP contribution is -2.55. The molecule has 3 aromatic rings. The quantitative estimate of drug-likeness (QED) is 0.437. The molecule has 2 aliphatic heterocycles. The van der Waals surface area contributed by atoms with Crippen LogP contribution >= 0.6 is 23.2 Å². The molecular weight excluding hydrogens is 549 g/mol. The molecule has 0 unspecified atom stereocenters. The molecule has 0 bridgehead atoms. The average molecular weight is 577 g/mol. The maximum Gasteiger partial charge on any atom is 0.242 e. The fourth-order valence-corrected chi connectivity index (χ4v) is 6.56. The van der Waals surface area contributed by atoms with E-state index in [1.54, 1.807) is 4.90 Å². The minimum atomic E-state index is -4.12. The molecule has 1 atom stereocenters. The molecule has 0 radical (unpaired) electrons. The molecule has 0 aromatic heterocycles. The van der Waals surface area contributed by atoms with E-state index >= 15 is 0 Å². The minimum absolute atomic E-state index is 0.0324. The van der Waals surface area contributed by atoms with Gasteiger partial charge in [-0.15, -0.1) is 0 Å². The van der Waals surface area contributed by atoms with Gasteiger partial charge in [-0.05, 0) is 47.9 Å². The Kier molecular flexibility index (Phi) is 8.11. The molecule has 38 heavy (non-hydrogen) atoms. The summed E-state index contributed by atoms with van der Waals surface area (Å²) in [7, 11) is -4.12. The second-order valence-corrected chi connectivity index (χ2v) is 11.8. The number of nitrogens with zero attached hydrogens (tertiary/aromatic N) is 2. The molecule has 2 heterocycles. The van der Waals surface area contributed by atoms with Gasteiger partial charge in [0.25, 0.3) is 0 Å². The zero-order valence-electron chi connectivity index (χ0n) is 20.5. The summed E-state index contributed by atoms with van der Waals surface area (Å²) < 4.78 is 40.0. The Balaban J connectivity index is 1.28. The van der Waals surface area contributed by atoms with Gasteiger partial charge >= 0.3 is 0 Å². The summed E-state index contributed by atoms with van der Waals surface area (Å²) in [4.78, 5) is 17.5. The van der Waals surface area contributed by atoms with E-state index in [2.05, 4.69) is 9.62 Å². The van der Waals surface area contributed by atoms with E-state index in [9.17, 15) is 13.2 Å². The summed E-state index contributed by atoms with van der Waals surface area (Å²) in [6.45, 7) is 3.22. The standard InChI is InChI=1S/C27H27Cl2N3O5S/c28-21-7-8-22(29)26(16-21)38(34,35)30-23(14-19-4-2-1-3-5-19)27(33)32-12-10-31(11-13-32)17-20-6-9-24-25(15-20)37-18-36-24/h1-9,15-16,23,30H,10-14,17-18H2/t23-/m0/s1. The van der Waals surface area contributed by atoms with Crippen LogP contribution in [-0.4, -0.2) is 63.1 Å². The smallest absolute Gasteiger partial charge is 0.242 e. The molecule has 3 aromatic carbocycles. The van der Waals surface area contributed by atoms with Gasteiger partial charge in [0.05, 0.1) is 5.02 Å². The van der Waals surface area contributed by atoms with Gasteiger partial charge < -0.3 is 14.4 Å². The number of halogens is 2. The number of hydrogen-bond donors (Lipinski definition) is 1. The lowest BCUT2D eigenvalue weighted by atomic mass is 10.1. The molecule has 1 saturated heterocycles. The first-order valence-electron chi connectivity index (χ1n) is 12.2. The second kappa shape index (κ2) is 11.5. The van der Waals surface area contributed by atoms with Crippen molar-refractivity contribution in [3.8, 4) is 11.5 Å². The van der Waals surface area contributed by atoms with Crippen molar-refractivity contribution in [2.24, 2.45) is 0 Å². The highest BCUT2D eigenvalue weighted by molar-refractivity contribution is 7.89. The molecule has 2 aliphatic rings. The Bertz CT molecular complexity index is 1410. The summed E-state index contributed by atoms with van der Waals surface area (Å²) >= 11 is 12.2. The number of carbonyl (C=O) groups excluding carboxylic acids is 1. The minimum Gasteiger partial charge on any atom is -0.454 e. The summed E-state index contributed by atoms with van der Waals surface area (Å²) in [6, 6.07) is 18.4. The number of nitrogens with one attached hydrogen (secondary N) is 1. The maximum atomic E-state index is 13.6. The number of carbonyl (C=O) groups is 1. The van der Waals surface area contributed by atoms with E-state index in [-0.39, 0.29) is 34.1 Å². The average Bonchev–Trinajstić information content (AvgIpc) is 3.38. The number of ether oxygens (including phenoxy) is 2. The van der Waals surface area contributed by atoms with Crippen LogP contribution in [0.1, 0.15) is 11.1 Å². The summed E-state index contributed by atoms with van der Waals surface area (Å²) in [5.41, 5.74) is 1.94. The summed E-state index contributed by atoms with van der Waals surface area (Å²) in [5, 5.41) is 0.268. The lowest BCUT2D eigenvalue weighted by Gasteiger charge is -2.36. The molecule has 1 amide bonds. The van der Waals surface area contributed by atoms with Gasteiger partial charge in [0.2, 0.25) is 22.7 Å². The Morgan fingerprint density at radius 1 is 0.895 bits per heavy atom. The van der Waals surface area contributed by atoms with Crippen LogP contribution in [0, 0.1) is 0 Å². The number of amides is 1. The first-order valence-corrected chi connectivity index (χ1v) is 14.4. The van der Waals surface area contributed by atoms with E-state index < -0.39 is 16.1 Å². The Labute approximate surface area is 232 Å². The van der Waals surface area contributed by atoms with Crippen LogP contribution in [0.25, 0.3) is 0 Å². The van der Waals surface area contributed by atoms with E-state index in [4.69, 9.17) is 32.7 Å². The number of fused-ring (bicyclic) bond motifs is 1. The molecule has 5 rings (SSSR count). The van der Waals surface area contributed by atoms with Gasteiger partial charge in [-0.1, -0.05) is 59.6 Å². The molecule has 0 spiro atoms. The van der Waals surface area contributed by atoms with Crippen LogP contribution in [-0.2, 0) is 27.8 Å². The molecule has 0 aliphatic carbocycles. The van der Waals surface area contributed by atoms with Crippen LogP contribution in [0.2, 0.25) is 10.0 Å². The highest BCUT2D eigenvalue weighted by Gasteiger charge is 2.32. The van der Waals surface area contributed by atoms with E-state index in [0.717, 1.165) is 22.6 Å². The second-order valence-electron chi connectivity index (χ2n) is 9.23. The van der Waals surface area contributed by atoms with E-state index in [1.165, 1.54) is 18.2 Å². The third-order valence-corrected chi connectivity index (χ3v) is 8.78. The van der Waals surface area contributed by atoms with Gasteiger partial charge in [0, 0.05) is 37.7 Å². The Morgan fingerprint density at radius 2 is 1.63 bits per heavy atom. The number of piperazine rings is 1. The van der Waals surface area contributed by atoms with Gasteiger partial charge in [-0.3, -0.25) is 9.69 Å². The topological polar surface area (TPSA) is 88.2 Å². The zero-order valence-corrected chi connectivity index (χ0v) is 22.8. The Morgan fingerprint density at radius 3 is 2.39 bits per heavy atom. The van der Waals surface area contributed by atoms with Crippen molar-refractivity contribution in [2.45, 2.75) is 23.9 Å². The predicted molar refractivity (Wildman–Crippen MR) is 145 cm³/mol. The number of rotatable bonds is 8. The van der Waals surface area contributed by atoms with E-state index in [1.807, 2.05) is 48.5 Å². The van der Waals surface area contributed by atoms with Crippen molar-refractivity contribution < 1.29 is 22.7 Å². The highest BCUT2D eigenvalue weighted by Crippen LogP contribution is 2.33. The molecular formula is C27H27Cl2N3O5S. The monoisotopic (exact) mass is 575 g/mol.